The van der Waals surface area contributed by atoms with E-state index in [0.717, 1.165) is 13.0 Å². The first-order valence-corrected chi connectivity index (χ1v) is 6.06. The Labute approximate surface area is 100 Å². The number of nitrogens with zero attached hydrogens (tertiary/aromatic N) is 2. The highest BCUT2D eigenvalue weighted by Crippen LogP contribution is 2.13. The summed E-state index contributed by atoms with van der Waals surface area (Å²) >= 11 is 5.73. The van der Waals surface area contributed by atoms with Gasteiger partial charge in [0.15, 0.2) is 0 Å². The summed E-state index contributed by atoms with van der Waals surface area (Å²) in [5.41, 5.74) is 0. The van der Waals surface area contributed by atoms with Crippen molar-refractivity contribution in [2.75, 3.05) is 13.2 Å². The monoisotopic (exact) mass is 241 g/mol. The van der Waals surface area contributed by atoms with Gasteiger partial charge in [-0.05, 0) is 25.8 Å². The molecule has 1 aromatic heterocycles. The molecular formula is C11H16ClN3O. The Balaban J connectivity index is 1.71. The highest BCUT2D eigenvalue weighted by atomic mass is 35.5. The van der Waals surface area contributed by atoms with E-state index in [9.17, 15) is 0 Å². The first-order valence-electron chi connectivity index (χ1n) is 5.68. The standard InChI is InChI=1S/C11H16ClN3O/c12-10-7-11(15-8-14-10)16-6-4-9-3-1-2-5-13-9/h7-9,13H,1-6H2/t9-/m1/s1. The minimum Gasteiger partial charge on any atom is -0.477 e. The van der Waals surface area contributed by atoms with Gasteiger partial charge in [-0.15, -0.1) is 0 Å². The van der Waals surface area contributed by atoms with E-state index in [1.54, 1.807) is 6.07 Å². The molecule has 88 valence electrons. The van der Waals surface area contributed by atoms with Crippen molar-refractivity contribution in [2.24, 2.45) is 0 Å². The predicted molar refractivity (Wildman–Crippen MR) is 62.8 cm³/mol. The van der Waals surface area contributed by atoms with Crippen molar-refractivity contribution in [1.29, 1.82) is 0 Å². The van der Waals surface area contributed by atoms with Crippen LogP contribution in [0.1, 0.15) is 25.7 Å². The van der Waals surface area contributed by atoms with E-state index in [1.165, 1.54) is 25.6 Å². The molecule has 1 saturated heterocycles. The van der Waals surface area contributed by atoms with Crippen LogP contribution < -0.4 is 10.1 Å². The minimum absolute atomic E-state index is 0.417. The second-order valence-corrected chi connectivity index (χ2v) is 4.35. The molecule has 1 aliphatic heterocycles. The largest absolute Gasteiger partial charge is 0.477 e. The zero-order chi connectivity index (χ0) is 11.2. The first-order chi connectivity index (χ1) is 7.84. The van der Waals surface area contributed by atoms with E-state index in [4.69, 9.17) is 16.3 Å². The first kappa shape index (κ1) is 11.6. The lowest BCUT2D eigenvalue weighted by molar-refractivity contribution is 0.260. The van der Waals surface area contributed by atoms with Crippen molar-refractivity contribution in [1.82, 2.24) is 15.3 Å². The van der Waals surface area contributed by atoms with Crippen LogP contribution in [0.4, 0.5) is 0 Å². The lowest BCUT2D eigenvalue weighted by Crippen LogP contribution is -2.35. The van der Waals surface area contributed by atoms with Crippen molar-refractivity contribution >= 4 is 11.6 Å². The van der Waals surface area contributed by atoms with Gasteiger partial charge in [-0.25, -0.2) is 9.97 Å². The van der Waals surface area contributed by atoms with Crippen LogP contribution in [0.25, 0.3) is 0 Å². The summed E-state index contributed by atoms with van der Waals surface area (Å²) in [6.07, 6.45) is 6.28. The Hall–Kier alpha value is -0.870. The molecule has 2 heterocycles. The van der Waals surface area contributed by atoms with Crippen LogP contribution in [-0.4, -0.2) is 29.2 Å². The van der Waals surface area contributed by atoms with Gasteiger partial charge in [-0.2, -0.15) is 0 Å². The Morgan fingerprint density at radius 1 is 1.44 bits per heavy atom. The maximum atomic E-state index is 5.73. The van der Waals surface area contributed by atoms with Crippen LogP contribution in [0.15, 0.2) is 12.4 Å². The number of halogens is 1. The zero-order valence-electron chi connectivity index (χ0n) is 9.16. The van der Waals surface area contributed by atoms with Crippen LogP contribution in [0.5, 0.6) is 5.88 Å². The average Bonchev–Trinajstić information content (AvgIpc) is 2.30. The summed E-state index contributed by atoms with van der Waals surface area (Å²) in [6, 6.07) is 2.22. The van der Waals surface area contributed by atoms with E-state index in [2.05, 4.69) is 15.3 Å². The number of piperidine rings is 1. The third-order valence-corrected chi connectivity index (χ3v) is 2.94. The minimum atomic E-state index is 0.417. The molecule has 0 saturated carbocycles. The molecule has 1 aromatic rings. The summed E-state index contributed by atoms with van der Waals surface area (Å²) < 4.78 is 5.51. The van der Waals surface area contributed by atoms with Gasteiger partial charge < -0.3 is 10.1 Å². The Morgan fingerprint density at radius 2 is 2.38 bits per heavy atom. The van der Waals surface area contributed by atoms with Crippen molar-refractivity contribution in [2.45, 2.75) is 31.7 Å². The van der Waals surface area contributed by atoms with Gasteiger partial charge in [0, 0.05) is 12.1 Å². The average molecular weight is 242 g/mol. The Kier molecular flexibility index (Phi) is 4.36. The van der Waals surface area contributed by atoms with Crippen molar-refractivity contribution in [3.8, 4) is 5.88 Å². The fraction of sp³-hybridized carbons (Fsp3) is 0.636. The lowest BCUT2D eigenvalue weighted by atomic mass is 10.0. The maximum Gasteiger partial charge on any atom is 0.217 e. The van der Waals surface area contributed by atoms with E-state index in [1.807, 2.05) is 0 Å². The highest BCUT2D eigenvalue weighted by Gasteiger charge is 2.12. The molecule has 4 nitrogen and oxygen atoms in total. The van der Waals surface area contributed by atoms with Crippen molar-refractivity contribution in [3.05, 3.63) is 17.5 Å². The van der Waals surface area contributed by atoms with Crippen LogP contribution in [0, 0.1) is 0 Å². The quantitative estimate of drug-likeness (QED) is 0.820. The number of hydrogen-bond donors (Lipinski definition) is 1. The van der Waals surface area contributed by atoms with Crippen molar-refractivity contribution in [3.63, 3.8) is 0 Å². The second kappa shape index (κ2) is 6.01. The number of aromatic nitrogens is 2. The summed E-state index contributed by atoms with van der Waals surface area (Å²) in [6.45, 7) is 1.80. The normalized spacial score (nSPS) is 20.7. The molecule has 0 aliphatic carbocycles. The van der Waals surface area contributed by atoms with E-state index in [-0.39, 0.29) is 0 Å². The molecule has 1 N–H and O–H groups in total. The zero-order valence-corrected chi connectivity index (χ0v) is 9.91. The molecule has 0 bridgehead atoms. The van der Waals surface area contributed by atoms with Gasteiger partial charge in [0.05, 0.1) is 6.61 Å². The summed E-state index contributed by atoms with van der Waals surface area (Å²) in [7, 11) is 0. The van der Waals surface area contributed by atoms with Gasteiger partial charge in [0.2, 0.25) is 5.88 Å². The van der Waals surface area contributed by atoms with Gasteiger partial charge in [0.1, 0.15) is 11.5 Å². The molecule has 0 spiro atoms. The number of nitrogens with one attached hydrogen (secondary N) is 1. The predicted octanol–water partition coefficient (Wildman–Crippen LogP) is 2.04. The number of rotatable bonds is 4. The highest BCUT2D eigenvalue weighted by molar-refractivity contribution is 6.29. The van der Waals surface area contributed by atoms with Crippen LogP contribution in [0.3, 0.4) is 0 Å². The van der Waals surface area contributed by atoms with Crippen molar-refractivity contribution < 1.29 is 4.74 Å². The van der Waals surface area contributed by atoms with E-state index < -0.39 is 0 Å². The van der Waals surface area contributed by atoms with Crippen LogP contribution in [0.2, 0.25) is 5.15 Å². The lowest BCUT2D eigenvalue weighted by Gasteiger charge is -2.23. The summed E-state index contributed by atoms with van der Waals surface area (Å²) in [5.74, 6) is 0.552. The van der Waals surface area contributed by atoms with Gasteiger partial charge in [-0.3, -0.25) is 0 Å². The summed E-state index contributed by atoms with van der Waals surface area (Å²) in [4.78, 5) is 7.78. The topological polar surface area (TPSA) is 47.0 Å². The SMILES string of the molecule is Clc1cc(OCC[C@H]2CCCCN2)ncn1. The molecule has 2 rings (SSSR count). The maximum absolute atomic E-state index is 5.73. The molecule has 0 radical (unpaired) electrons. The molecule has 5 heteroatoms. The number of hydrogen-bond acceptors (Lipinski definition) is 4. The number of ether oxygens (including phenoxy) is 1. The van der Waals surface area contributed by atoms with E-state index in [0.29, 0.717) is 23.7 Å². The Morgan fingerprint density at radius 3 is 3.12 bits per heavy atom. The fourth-order valence-corrected chi connectivity index (χ4v) is 2.01. The molecule has 0 amide bonds. The van der Waals surface area contributed by atoms with Gasteiger partial charge in [0.25, 0.3) is 0 Å². The molecule has 1 fully saturated rings. The second-order valence-electron chi connectivity index (χ2n) is 3.96. The molecule has 16 heavy (non-hydrogen) atoms. The smallest absolute Gasteiger partial charge is 0.217 e. The van der Waals surface area contributed by atoms with Gasteiger partial charge >= 0.3 is 0 Å². The van der Waals surface area contributed by atoms with E-state index >= 15 is 0 Å². The summed E-state index contributed by atoms with van der Waals surface area (Å²) in [5, 5.41) is 3.90. The van der Waals surface area contributed by atoms with Crippen LogP contribution >= 0.6 is 11.6 Å². The van der Waals surface area contributed by atoms with Crippen LogP contribution in [-0.2, 0) is 0 Å². The third-order valence-electron chi connectivity index (χ3n) is 2.74. The fourth-order valence-electron chi connectivity index (χ4n) is 1.87. The molecule has 0 unspecified atom stereocenters. The molecule has 1 atom stereocenters. The Bertz CT molecular complexity index is 329. The molecule has 1 aliphatic rings. The van der Waals surface area contributed by atoms with Gasteiger partial charge in [-0.1, -0.05) is 18.0 Å². The third kappa shape index (κ3) is 3.61. The molecular weight excluding hydrogens is 226 g/mol. The molecule has 0 aromatic carbocycles.